The van der Waals surface area contributed by atoms with Crippen LogP contribution in [-0.4, -0.2) is 41.2 Å². The lowest BCUT2D eigenvalue weighted by atomic mass is 9.94. The third-order valence-corrected chi connectivity index (χ3v) is 4.97. The van der Waals surface area contributed by atoms with E-state index in [0.29, 0.717) is 17.7 Å². The number of hydrogen-bond donors (Lipinski definition) is 3. The summed E-state index contributed by atoms with van der Waals surface area (Å²) < 4.78 is 0. The molecule has 1 saturated carbocycles. The standard InChI is InChI=1S/C15H28N2O3S/c1-10(2)6-11(7-14(18)19)9-16-15(20)17-12-4-5-13(8-12)21-3/h10-13H,4-9H2,1-3H3,(H,18,19)(H2,16,17,20)/t11-,12?,13?/m0/s1. The zero-order valence-electron chi connectivity index (χ0n) is 13.2. The summed E-state index contributed by atoms with van der Waals surface area (Å²) in [4.78, 5) is 22.7. The quantitative estimate of drug-likeness (QED) is 0.643. The second-order valence-corrected chi connectivity index (χ2v) is 7.45. The van der Waals surface area contributed by atoms with Crippen LogP contribution < -0.4 is 10.6 Å². The van der Waals surface area contributed by atoms with Crippen molar-refractivity contribution in [3.63, 3.8) is 0 Å². The molecule has 2 unspecified atom stereocenters. The number of hydrogen-bond acceptors (Lipinski definition) is 3. The molecule has 0 aromatic carbocycles. The molecule has 3 atom stereocenters. The zero-order chi connectivity index (χ0) is 15.8. The normalized spacial score (nSPS) is 23.0. The van der Waals surface area contributed by atoms with E-state index < -0.39 is 5.97 Å². The average Bonchev–Trinajstić information content (AvgIpc) is 2.82. The molecule has 21 heavy (non-hydrogen) atoms. The molecular weight excluding hydrogens is 288 g/mol. The average molecular weight is 316 g/mol. The van der Waals surface area contributed by atoms with Crippen LogP contribution in [0.2, 0.25) is 0 Å². The highest BCUT2D eigenvalue weighted by Crippen LogP contribution is 2.28. The summed E-state index contributed by atoms with van der Waals surface area (Å²) in [6.07, 6.45) is 6.24. The Morgan fingerprint density at radius 2 is 2.05 bits per heavy atom. The first kappa shape index (κ1) is 18.1. The molecular formula is C15H28N2O3S. The van der Waals surface area contributed by atoms with Crippen molar-refractivity contribution in [2.24, 2.45) is 11.8 Å². The summed E-state index contributed by atoms with van der Waals surface area (Å²) in [6.45, 7) is 4.56. The molecule has 1 aliphatic carbocycles. The zero-order valence-corrected chi connectivity index (χ0v) is 14.0. The van der Waals surface area contributed by atoms with Gasteiger partial charge in [0.2, 0.25) is 0 Å². The lowest BCUT2D eigenvalue weighted by Crippen LogP contribution is -2.43. The molecule has 0 aromatic heterocycles. The lowest BCUT2D eigenvalue weighted by Gasteiger charge is -2.19. The van der Waals surface area contributed by atoms with Gasteiger partial charge in [0.1, 0.15) is 0 Å². The van der Waals surface area contributed by atoms with Crippen molar-refractivity contribution in [1.82, 2.24) is 10.6 Å². The van der Waals surface area contributed by atoms with Gasteiger partial charge in [0.15, 0.2) is 0 Å². The number of rotatable bonds is 8. The molecule has 0 spiro atoms. The molecule has 3 N–H and O–H groups in total. The molecule has 6 heteroatoms. The Bertz CT molecular complexity index is 350. The Kier molecular flexibility index (Phi) is 7.93. The SMILES string of the molecule is CSC1CCC(NC(=O)NC[C@H](CC(=O)O)CC(C)C)C1. The van der Waals surface area contributed by atoms with Crippen molar-refractivity contribution in [3.05, 3.63) is 0 Å². The molecule has 0 heterocycles. The van der Waals surface area contributed by atoms with Crippen molar-refractivity contribution >= 4 is 23.8 Å². The number of carboxylic acid groups (broad SMARTS) is 1. The van der Waals surface area contributed by atoms with Crippen molar-refractivity contribution in [3.8, 4) is 0 Å². The van der Waals surface area contributed by atoms with E-state index in [1.165, 1.54) is 0 Å². The van der Waals surface area contributed by atoms with Gasteiger partial charge in [-0.25, -0.2) is 4.79 Å². The number of aliphatic carboxylic acids is 1. The van der Waals surface area contributed by atoms with Gasteiger partial charge in [-0.1, -0.05) is 13.8 Å². The highest BCUT2D eigenvalue weighted by atomic mass is 32.2. The molecule has 122 valence electrons. The van der Waals surface area contributed by atoms with Gasteiger partial charge >= 0.3 is 12.0 Å². The van der Waals surface area contributed by atoms with Gasteiger partial charge in [-0.05, 0) is 43.8 Å². The first-order valence-corrected chi connectivity index (χ1v) is 8.98. The number of urea groups is 1. The second kappa shape index (κ2) is 9.18. The van der Waals surface area contributed by atoms with Gasteiger partial charge in [0.25, 0.3) is 0 Å². The number of carboxylic acids is 1. The van der Waals surface area contributed by atoms with Crippen molar-refractivity contribution in [2.45, 2.75) is 57.2 Å². The molecule has 0 aromatic rings. The smallest absolute Gasteiger partial charge is 0.315 e. The van der Waals surface area contributed by atoms with Crippen molar-refractivity contribution in [1.29, 1.82) is 0 Å². The molecule has 0 saturated heterocycles. The molecule has 2 amide bonds. The van der Waals surface area contributed by atoms with Gasteiger partial charge in [-0.2, -0.15) is 11.8 Å². The minimum Gasteiger partial charge on any atom is -0.481 e. The minimum atomic E-state index is -0.804. The Hall–Kier alpha value is -0.910. The van der Waals surface area contributed by atoms with E-state index in [-0.39, 0.29) is 24.4 Å². The Morgan fingerprint density at radius 3 is 2.57 bits per heavy atom. The summed E-state index contributed by atoms with van der Waals surface area (Å²) in [6, 6.07) is 0.0892. The van der Waals surface area contributed by atoms with Crippen LogP contribution >= 0.6 is 11.8 Å². The van der Waals surface area contributed by atoms with E-state index in [1.54, 1.807) is 0 Å². The number of nitrogens with one attached hydrogen (secondary N) is 2. The van der Waals surface area contributed by atoms with Crippen molar-refractivity contribution in [2.75, 3.05) is 12.8 Å². The fourth-order valence-corrected chi connectivity index (χ4v) is 3.71. The van der Waals surface area contributed by atoms with Crippen LogP contribution in [0.3, 0.4) is 0 Å². The van der Waals surface area contributed by atoms with Crippen LogP contribution in [0.1, 0.15) is 46.0 Å². The predicted octanol–water partition coefficient (Wildman–Crippen LogP) is 2.71. The molecule has 5 nitrogen and oxygen atoms in total. The Balaban J connectivity index is 2.30. The third kappa shape index (κ3) is 7.60. The summed E-state index contributed by atoms with van der Waals surface area (Å²) in [7, 11) is 0. The third-order valence-electron chi connectivity index (χ3n) is 3.87. The van der Waals surface area contributed by atoms with Gasteiger partial charge in [0, 0.05) is 24.3 Å². The van der Waals surface area contributed by atoms with E-state index in [4.69, 9.17) is 5.11 Å². The highest BCUT2D eigenvalue weighted by Gasteiger charge is 2.25. The summed E-state index contributed by atoms with van der Waals surface area (Å²) in [5.41, 5.74) is 0. The Labute approximate surface area is 131 Å². The fraction of sp³-hybridized carbons (Fsp3) is 0.867. The van der Waals surface area contributed by atoms with Crippen LogP contribution in [0, 0.1) is 11.8 Å². The number of amides is 2. The van der Waals surface area contributed by atoms with Crippen LogP contribution in [0.25, 0.3) is 0 Å². The second-order valence-electron chi connectivity index (χ2n) is 6.32. The molecule has 1 fully saturated rings. The van der Waals surface area contributed by atoms with Crippen LogP contribution in [0.5, 0.6) is 0 Å². The van der Waals surface area contributed by atoms with Crippen LogP contribution in [0.4, 0.5) is 4.79 Å². The van der Waals surface area contributed by atoms with Crippen LogP contribution in [-0.2, 0) is 4.79 Å². The molecule has 1 aliphatic rings. The maximum Gasteiger partial charge on any atom is 0.315 e. The van der Waals surface area contributed by atoms with E-state index >= 15 is 0 Å². The molecule has 0 aliphatic heterocycles. The summed E-state index contributed by atoms with van der Waals surface area (Å²) in [5, 5.41) is 15.4. The van der Waals surface area contributed by atoms with E-state index in [0.717, 1.165) is 25.7 Å². The van der Waals surface area contributed by atoms with Crippen LogP contribution in [0.15, 0.2) is 0 Å². The topological polar surface area (TPSA) is 78.4 Å². The van der Waals surface area contributed by atoms with Crippen molar-refractivity contribution < 1.29 is 14.7 Å². The lowest BCUT2D eigenvalue weighted by molar-refractivity contribution is -0.138. The molecule has 0 bridgehead atoms. The first-order chi connectivity index (χ1) is 9.90. The maximum atomic E-state index is 11.9. The fourth-order valence-electron chi connectivity index (χ4n) is 2.91. The molecule has 1 rings (SSSR count). The summed E-state index contributed by atoms with van der Waals surface area (Å²) in [5.74, 6) is -0.381. The monoisotopic (exact) mass is 316 g/mol. The van der Waals surface area contributed by atoms with Gasteiger partial charge < -0.3 is 15.7 Å². The predicted molar refractivity (Wildman–Crippen MR) is 86.7 cm³/mol. The summed E-state index contributed by atoms with van der Waals surface area (Å²) >= 11 is 1.86. The van der Waals surface area contributed by atoms with E-state index in [1.807, 2.05) is 11.8 Å². The van der Waals surface area contributed by atoms with E-state index in [9.17, 15) is 9.59 Å². The van der Waals surface area contributed by atoms with Gasteiger partial charge in [-0.15, -0.1) is 0 Å². The molecule has 0 radical (unpaired) electrons. The number of carbonyl (C=O) groups is 2. The largest absolute Gasteiger partial charge is 0.481 e. The first-order valence-electron chi connectivity index (χ1n) is 7.69. The maximum absolute atomic E-state index is 11.9. The number of carbonyl (C=O) groups excluding carboxylic acids is 1. The van der Waals surface area contributed by atoms with E-state index in [2.05, 4.69) is 30.7 Å². The number of thioether (sulfide) groups is 1. The Morgan fingerprint density at radius 1 is 1.33 bits per heavy atom. The highest BCUT2D eigenvalue weighted by molar-refractivity contribution is 7.99. The van der Waals surface area contributed by atoms with Gasteiger partial charge in [-0.3, -0.25) is 4.79 Å². The van der Waals surface area contributed by atoms with Gasteiger partial charge in [0.05, 0.1) is 0 Å². The minimum absolute atomic E-state index is 0.00391.